The molecule has 1 amide bonds. The first kappa shape index (κ1) is 12.1. The number of hydrogen-bond donors (Lipinski definition) is 0. The van der Waals surface area contributed by atoms with Gasteiger partial charge in [-0.1, -0.05) is 11.6 Å². The topological polar surface area (TPSA) is 37.4 Å². The molecule has 0 aliphatic carbocycles. The molecule has 1 heterocycles. The molecule has 1 aliphatic rings. The maximum atomic E-state index is 11.8. The Kier molecular flexibility index (Phi) is 3.48. The van der Waals surface area contributed by atoms with E-state index in [0.717, 1.165) is 24.1 Å². The van der Waals surface area contributed by atoms with Crippen molar-refractivity contribution in [2.45, 2.75) is 19.8 Å². The van der Waals surface area contributed by atoms with Crippen LogP contribution in [0.5, 0.6) is 0 Å². The molecule has 0 saturated heterocycles. The molecular weight excluding hydrogens is 238 g/mol. The van der Waals surface area contributed by atoms with Crippen molar-refractivity contribution < 1.29 is 9.59 Å². The number of anilines is 1. The molecule has 17 heavy (non-hydrogen) atoms. The van der Waals surface area contributed by atoms with Gasteiger partial charge in [0.15, 0.2) is 0 Å². The molecule has 0 spiro atoms. The van der Waals surface area contributed by atoms with Crippen molar-refractivity contribution in [3.63, 3.8) is 0 Å². The van der Waals surface area contributed by atoms with E-state index < -0.39 is 11.7 Å². The van der Waals surface area contributed by atoms with Gasteiger partial charge in [-0.15, -0.1) is 11.6 Å². The number of carbonyl (C=O) groups is 2. The smallest absolute Gasteiger partial charge is 0.299 e. The highest BCUT2D eigenvalue weighted by Crippen LogP contribution is 2.29. The minimum atomic E-state index is -0.417. The fourth-order valence-electron chi connectivity index (χ4n) is 2.00. The molecule has 0 unspecified atom stereocenters. The second-order valence-electron chi connectivity index (χ2n) is 4.20. The third-order valence-corrected chi connectivity index (χ3v) is 3.16. The number of alkyl halides is 1. The van der Waals surface area contributed by atoms with Crippen molar-refractivity contribution >= 4 is 29.0 Å². The highest BCUT2D eigenvalue weighted by atomic mass is 35.5. The normalized spacial score (nSPS) is 14.4. The first-order valence-corrected chi connectivity index (χ1v) is 6.21. The fourth-order valence-corrected chi connectivity index (χ4v) is 2.19. The maximum Gasteiger partial charge on any atom is 0.299 e. The van der Waals surface area contributed by atoms with E-state index in [1.807, 2.05) is 19.1 Å². The number of rotatable bonds is 4. The maximum absolute atomic E-state index is 11.8. The number of amides is 1. The zero-order chi connectivity index (χ0) is 12.4. The van der Waals surface area contributed by atoms with Crippen LogP contribution in [0.2, 0.25) is 0 Å². The van der Waals surface area contributed by atoms with Crippen molar-refractivity contribution in [2.75, 3.05) is 17.3 Å². The predicted molar refractivity (Wildman–Crippen MR) is 67.8 cm³/mol. The number of carbonyl (C=O) groups excluding carboxylic acids is 2. The lowest BCUT2D eigenvalue weighted by atomic mass is 10.1. The van der Waals surface area contributed by atoms with Crippen LogP contribution < -0.4 is 4.90 Å². The van der Waals surface area contributed by atoms with Gasteiger partial charge >= 0.3 is 0 Å². The van der Waals surface area contributed by atoms with E-state index in [1.165, 1.54) is 0 Å². The van der Waals surface area contributed by atoms with E-state index >= 15 is 0 Å². The predicted octanol–water partition coefficient (Wildman–Crippen LogP) is 2.54. The molecule has 4 heteroatoms. The number of Topliss-reactive ketones (excluding diaryl/α,β-unsaturated/α-hetero) is 1. The number of nitrogens with zero attached hydrogens (tertiary/aromatic N) is 1. The van der Waals surface area contributed by atoms with Crippen LogP contribution >= 0.6 is 11.6 Å². The highest BCUT2D eigenvalue weighted by Gasteiger charge is 2.35. The van der Waals surface area contributed by atoms with Gasteiger partial charge in [-0.2, -0.15) is 0 Å². The Morgan fingerprint density at radius 1 is 1.24 bits per heavy atom. The van der Waals surface area contributed by atoms with Crippen molar-refractivity contribution in [2.24, 2.45) is 0 Å². The van der Waals surface area contributed by atoms with Crippen LogP contribution in [0.25, 0.3) is 0 Å². The molecular formula is C13H14ClNO2. The standard InChI is InChI=1S/C13H14ClNO2/c1-9-4-5-11-10(8-9)12(16)13(17)15(11)7-3-2-6-14/h4-5,8H,2-3,6-7H2,1H3. The van der Waals surface area contributed by atoms with Gasteiger partial charge in [-0.05, 0) is 31.9 Å². The number of ketones is 1. The zero-order valence-corrected chi connectivity index (χ0v) is 10.5. The second-order valence-corrected chi connectivity index (χ2v) is 4.58. The summed E-state index contributed by atoms with van der Waals surface area (Å²) in [7, 11) is 0. The molecule has 0 radical (unpaired) electrons. The summed E-state index contributed by atoms with van der Waals surface area (Å²) < 4.78 is 0. The Bertz CT molecular complexity index is 470. The van der Waals surface area contributed by atoms with Crippen LogP contribution in [-0.2, 0) is 4.79 Å². The van der Waals surface area contributed by atoms with Crippen LogP contribution in [0.4, 0.5) is 5.69 Å². The summed E-state index contributed by atoms with van der Waals surface area (Å²) >= 11 is 5.60. The van der Waals surface area contributed by atoms with Crippen molar-refractivity contribution in [3.05, 3.63) is 29.3 Å². The van der Waals surface area contributed by atoms with Crippen LogP contribution in [-0.4, -0.2) is 24.1 Å². The van der Waals surface area contributed by atoms with Gasteiger partial charge < -0.3 is 4.90 Å². The molecule has 0 bridgehead atoms. The van der Waals surface area contributed by atoms with Gasteiger partial charge in [0.1, 0.15) is 0 Å². The molecule has 1 aromatic carbocycles. The number of unbranched alkanes of at least 4 members (excludes halogenated alkanes) is 1. The van der Waals surface area contributed by atoms with Crippen LogP contribution in [0.3, 0.4) is 0 Å². The summed E-state index contributed by atoms with van der Waals surface area (Å²) in [6.07, 6.45) is 1.66. The fraction of sp³-hybridized carbons (Fsp3) is 0.385. The van der Waals surface area contributed by atoms with Gasteiger partial charge in [0, 0.05) is 12.4 Å². The molecule has 0 N–H and O–H groups in total. The second kappa shape index (κ2) is 4.88. The van der Waals surface area contributed by atoms with Crippen LogP contribution in [0.15, 0.2) is 18.2 Å². The van der Waals surface area contributed by atoms with Gasteiger partial charge in [0.25, 0.3) is 11.7 Å². The monoisotopic (exact) mass is 251 g/mol. The number of hydrogen-bond acceptors (Lipinski definition) is 2. The van der Waals surface area contributed by atoms with Crippen molar-refractivity contribution in [1.82, 2.24) is 0 Å². The summed E-state index contributed by atoms with van der Waals surface area (Å²) in [4.78, 5) is 25.1. The Labute approximate surface area is 105 Å². The van der Waals surface area contributed by atoms with Gasteiger partial charge in [0.2, 0.25) is 0 Å². The minimum absolute atomic E-state index is 0.394. The Morgan fingerprint density at radius 2 is 2.00 bits per heavy atom. The first-order chi connectivity index (χ1) is 8.15. The Morgan fingerprint density at radius 3 is 2.71 bits per heavy atom. The molecule has 2 rings (SSSR count). The number of halogens is 1. The van der Waals surface area contributed by atoms with Gasteiger partial charge in [-0.25, -0.2) is 0 Å². The lowest BCUT2D eigenvalue weighted by Crippen LogP contribution is -2.30. The third kappa shape index (κ3) is 2.20. The van der Waals surface area contributed by atoms with Gasteiger partial charge in [0.05, 0.1) is 11.3 Å². The zero-order valence-electron chi connectivity index (χ0n) is 9.70. The van der Waals surface area contributed by atoms with E-state index in [0.29, 0.717) is 18.0 Å². The van der Waals surface area contributed by atoms with Gasteiger partial charge in [-0.3, -0.25) is 9.59 Å². The van der Waals surface area contributed by atoms with Crippen LogP contribution in [0, 0.1) is 6.92 Å². The lowest BCUT2D eigenvalue weighted by Gasteiger charge is -2.15. The summed E-state index contributed by atoms with van der Waals surface area (Å²) in [5, 5.41) is 0. The summed E-state index contributed by atoms with van der Waals surface area (Å²) in [5.74, 6) is -0.230. The minimum Gasteiger partial charge on any atom is -0.305 e. The SMILES string of the molecule is Cc1ccc2c(c1)C(=O)C(=O)N2CCCCCl. The summed E-state index contributed by atoms with van der Waals surface area (Å²) in [6.45, 7) is 2.47. The van der Waals surface area contributed by atoms with Crippen molar-refractivity contribution in [3.8, 4) is 0 Å². The summed E-state index contributed by atoms with van der Waals surface area (Å²) in [5.41, 5.74) is 2.26. The van der Waals surface area contributed by atoms with Crippen molar-refractivity contribution in [1.29, 1.82) is 0 Å². The molecule has 0 atom stereocenters. The molecule has 90 valence electrons. The first-order valence-electron chi connectivity index (χ1n) is 5.68. The average Bonchev–Trinajstić information content (AvgIpc) is 2.54. The Balaban J connectivity index is 2.25. The molecule has 0 saturated carbocycles. The molecule has 1 aromatic rings. The van der Waals surface area contributed by atoms with E-state index in [2.05, 4.69) is 0 Å². The molecule has 0 aromatic heterocycles. The number of aryl methyl sites for hydroxylation is 1. The van der Waals surface area contributed by atoms with E-state index in [9.17, 15) is 9.59 Å². The van der Waals surface area contributed by atoms with E-state index in [4.69, 9.17) is 11.6 Å². The third-order valence-electron chi connectivity index (χ3n) is 2.89. The largest absolute Gasteiger partial charge is 0.305 e. The molecule has 3 nitrogen and oxygen atoms in total. The van der Waals surface area contributed by atoms with E-state index in [-0.39, 0.29) is 0 Å². The van der Waals surface area contributed by atoms with E-state index in [1.54, 1.807) is 11.0 Å². The van der Waals surface area contributed by atoms with Crippen LogP contribution in [0.1, 0.15) is 28.8 Å². The number of benzene rings is 1. The Hall–Kier alpha value is -1.35. The highest BCUT2D eigenvalue weighted by molar-refractivity contribution is 6.52. The number of fused-ring (bicyclic) bond motifs is 1. The lowest BCUT2D eigenvalue weighted by molar-refractivity contribution is -0.114. The average molecular weight is 252 g/mol. The quantitative estimate of drug-likeness (QED) is 0.469. The summed E-state index contributed by atoms with van der Waals surface area (Å²) in [6, 6.07) is 5.53. The molecule has 0 fully saturated rings. The molecule has 1 aliphatic heterocycles.